The van der Waals surface area contributed by atoms with E-state index in [2.05, 4.69) is 10.0 Å². The Balaban J connectivity index is 1.34. The minimum absolute atomic E-state index is 0.0285. The van der Waals surface area contributed by atoms with Gasteiger partial charge in [-0.25, -0.2) is 17.5 Å². The first-order valence-electron chi connectivity index (χ1n) is 11.3. The second kappa shape index (κ2) is 10.8. The number of hydrogen-bond donors (Lipinski definition) is 2. The fourth-order valence-corrected chi connectivity index (χ4v) is 5.00. The molecule has 0 spiro atoms. The lowest BCUT2D eigenvalue weighted by Gasteiger charge is -2.32. The highest BCUT2D eigenvalue weighted by Crippen LogP contribution is 2.18. The molecule has 4 rings (SSSR count). The van der Waals surface area contributed by atoms with Crippen molar-refractivity contribution in [2.24, 2.45) is 0 Å². The zero-order valence-electron chi connectivity index (χ0n) is 19.0. The molecule has 1 aliphatic rings. The van der Waals surface area contributed by atoms with Gasteiger partial charge < -0.3 is 10.2 Å². The fourth-order valence-electron chi connectivity index (χ4n) is 3.93. The molecule has 0 aromatic heterocycles. The van der Waals surface area contributed by atoms with Crippen LogP contribution in [0.4, 0.5) is 4.39 Å². The van der Waals surface area contributed by atoms with Gasteiger partial charge in [-0.1, -0.05) is 36.4 Å². The fraction of sp³-hybridized carbons (Fsp3) is 0.231. The molecule has 0 unspecified atom stereocenters. The number of benzene rings is 3. The van der Waals surface area contributed by atoms with Crippen molar-refractivity contribution in [3.63, 3.8) is 0 Å². The summed E-state index contributed by atoms with van der Waals surface area (Å²) in [4.78, 5) is 27.1. The maximum atomic E-state index is 13.1. The Bertz CT molecular complexity index is 1290. The summed E-state index contributed by atoms with van der Waals surface area (Å²) in [5.41, 5.74) is 1.50. The van der Waals surface area contributed by atoms with E-state index in [0.29, 0.717) is 37.1 Å². The molecule has 0 atom stereocenters. The van der Waals surface area contributed by atoms with Crippen LogP contribution in [0.15, 0.2) is 83.8 Å². The van der Waals surface area contributed by atoms with Gasteiger partial charge in [-0.05, 0) is 60.9 Å². The molecule has 3 aromatic rings. The van der Waals surface area contributed by atoms with Crippen LogP contribution in [0, 0.1) is 5.82 Å². The van der Waals surface area contributed by atoms with Crippen LogP contribution >= 0.6 is 0 Å². The third-order valence-electron chi connectivity index (χ3n) is 5.92. The second-order valence-electron chi connectivity index (χ2n) is 8.38. The molecule has 0 bridgehead atoms. The maximum absolute atomic E-state index is 13.1. The summed E-state index contributed by atoms with van der Waals surface area (Å²) >= 11 is 0. The average Bonchev–Trinajstić information content (AvgIpc) is 2.88. The number of nitrogens with one attached hydrogen (secondary N) is 2. The summed E-state index contributed by atoms with van der Waals surface area (Å²) in [5.74, 6) is -0.943. The van der Waals surface area contributed by atoms with Crippen molar-refractivity contribution >= 4 is 21.8 Å². The molecule has 35 heavy (non-hydrogen) atoms. The van der Waals surface area contributed by atoms with Crippen molar-refractivity contribution in [1.29, 1.82) is 0 Å². The van der Waals surface area contributed by atoms with E-state index in [1.807, 2.05) is 30.3 Å². The Morgan fingerprint density at radius 3 is 2.26 bits per heavy atom. The van der Waals surface area contributed by atoms with Gasteiger partial charge in [-0.2, -0.15) is 0 Å². The summed E-state index contributed by atoms with van der Waals surface area (Å²) in [6.45, 7) is 1.01. The highest BCUT2D eigenvalue weighted by molar-refractivity contribution is 7.89. The quantitative estimate of drug-likeness (QED) is 0.526. The largest absolute Gasteiger partial charge is 0.349 e. The van der Waals surface area contributed by atoms with Gasteiger partial charge in [-0.3, -0.25) is 9.59 Å². The summed E-state index contributed by atoms with van der Waals surface area (Å²) in [5, 5.41) is 2.92. The SMILES string of the molecule is O=C(NC1CCN(C(=O)c2cccc(S(=O)(=O)NCc3ccccc3)c2)CC1)c1ccc(F)cc1. The number of likely N-dealkylation sites (tertiary alicyclic amines) is 1. The van der Waals surface area contributed by atoms with E-state index < -0.39 is 15.8 Å². The lowest BCUT2D eigenvalue weighted by atomic mass is 10.0. The van der Waals surface area contributed by atoms with Gasteiger partial charge >= 0.3 is 0 Å². The smallest absolute Gasteiger partial charge is 0.253 e. The number of sulfonamides is 1. The van der Waals surface area contributed by atoms with Crippen LogP contribution in [-0.4, -0.2) is 44.3 Å². The van der Waals surface area contributed by atoms with Gasteiger partial charge in [0.2, 0.25) is 10.0 Å². The normalized spacial score (nSPS) is 14.5. The van der Waals surface area contributed by atoms with E-state index in [0.717, 1.165) is 5.56 Å². The van der Waals surface area contributed by atoms with E-state index in [1.165, 1.54) is 36.4 Å². The van der Waals surface area contributed by atoms with Crippen LogP contribution < -0.4 is 10.0 Å². The molecule has 7 nitrogen and oxygen atoms in total. The van der Waals surface area contributed by atoms with Crippen molar-refractivity contribution in [3.8, 4) is 0 Å². The zero-order valence-corrected chi connectivity index (χ0v) is 19.8. The van der Waals surface area contributed by atoms with Gasteiger partial charge in [-0.15, -0.1) is 0 Å². The van der Waals surface area contributed by atoms with Crippen LogP contribution in [0.5, 0.6) is 0 Å². The molecule has 3 aromatic carbocycles. The number of carbonyl (C=O) groups excluding carboxylic acids is 2. The van der Waals surface area contributed by atoms with E-state index in [1.54, 1.807) is 17.0 Å². The van der Waals surface area contributed by atoms with E-state index in [9.17, 15) is 22.4 Å². The van der Waals surface area contributed by atoms with Crippen molar-refractivity contribution in [2.75, 3.05) is 13.1 Å². The molecule has 2 amide bonds. The predicted molar refractivity (Wildman–Crippen MR) is 130 cm³/mol. The monoisotopic (exact) mass is 495 g/mol. The first-order chi connectivity index (χ1) is 16.8. The average molecular weight is 496 g/mol. The molecule has 0 radical (unpaired) electrons. The molecule has 1 heterocycles. The van der Waals surface area contributed by atoms with Crippen molar-refractivity contribution < 1.29 is 22.4 Å². The molecule has 0 aliphatic carbocycles. The third kappa shape index (κ3) is 6.32. The number of hydrogen-bond acceptors (Lipinski definition) is 4. The Kier molecular flexibility index (Phi) is 7.57. The van der Waals surface area contributed by atoms with Gasteiger partial charge in [0.25, 0.3) is 11.8 Å². The minimum Gasteiger partial charge on any atom is -0.349 e. The van der Waals surface area contributed by atoms with Crippen molar-refractivity contribution in [1.82, 2.24) is 14.9 Å². The number of carbonyl (C=O) groups is 2. The van der Waals surface area contributed by atoms with Gasteiger partial charge in [0, 0.05) is 36.8 Å². The van der Waals surface area contributed by atoms with Crippen LogP contribution in [0.2, 0.25) is 0 Å². The van der Waals surface area contributed by atoms with Gasteiger partial charge in [0.05, 0.1) is 4.90 Å². The molecular formula is C26H26FN3O4S. The van der Waals surface area contributed by atoms with Crippen LogP contribution in [0.25, 0.3) is 0 Å². The highest BCUT2D eigenvalue weighted by atomic mass is 32.2. The maximum Gasteiger partial charge on any atom is 0.253 e. The Morgan fingerprint density at radius 1 is 0.886 bits per heavy atom. The number of nitrogens with zero attached hydrogens (tertiary/aromatic N) is 1. The second-order valence-corrected chi connectivity index (χ2v) is 10.2. The van der Waals surface area contributed by atoms with Crippen LogP contribution in [0.1, 0.15) is 39.1 Å². The summed E-state index contributed by atoms with van der Waals surface area (Å²) in [7, 11) is -3.79. The molecule has 0 saturated carbocycles. The lowest BCUT2D eigenvalue weighted by Crippen LogP contribution is -2.46. The highest BCUT2D eigenvalue weighted by Gasteiger charge is 2.26. The molecule has 1 saturated heterocycles. The Labute approximate surface area is 204 Å². The van der Waals surface area contributed by atoms with Crippen LogP contribution in [0.3, 0.4) is 0 Å². The van der Waals surface area contributed by atoms with Crippen LogP contribution in [-0.2, 0) is 16.6 Å². The summed E-state index contributed by atoms with van der Waals surface area (Å²) in [6.07, 6.45) is 1.13. The van der Waals surface area contributed by atoms with E-state index >= 15 is 0 Å². The summed E-state index contributed by atoms with van der Waals surface area (Å²) in [6, 6.07) is 20.4. The van der Waals surface area contributed by atoms with E-state index in [4.69, 9.17) is 0 Å². The molecule has 1 aliphatic heterocycles. The van der Waals surface area contributed by atoms with E-state index in [-0.39, 0.29) is 29.3 Å². The molecule has 182 valence electrons. The first-order valence-corrected chi connectivity index (χ1v) is 12.8. The Morgan fingerprint density at radius 2 is 1.57 bits per heavy atom. The molecule has 2 N–H and O–H groups in total. The van der Waals surface area contributed by atoms with Gasteiger partial charge in [0.1, 0.15) is 5.82 Å². The lowest BCUT2D eigenvalue weighted by molar-refractivity contribution is 0.0698. The number of halogens is 1. The number of piperidine rings is 1. The standard InChI is InChI=1S/C26H26FN3O4S/c27-22-11-9-20(10-12-22)25(31)29-23-13-15-30(16-14-23)26(32)21-7-4-8-24(17-21)35(33,34)28-18-19-5-2-1-3-6-19/h1-12,17,23,28H,13-16,18H2,(H,29,31). The molecule has 1 fully saturated rings. The molecular weight excluding hydrogens is 469 g/mol. The van der Waals surface area contributed by atoms with Crippen molar-refractivity contribution in [3.05, 3.63) is 101 Å². The molecule has 9 heteroatoms. The Hall–Kier alpha value is -3.56. The summed E-state index contributed by atoms with van der Waals surface area (Å²) < 4.78 is 41.1. The predicted octanol–water partition coefficient (Wildman–Crippen LogP) is 3.34. The van der Waals surface area contributed by atoms with Gasteiger partial charge in [0.15, 0.2) is 0 Å². The number of rotatable bonds is 7. The first kappa shape index (κ1) is 24.6. The third-order valence-corrected chi connectivity index (χ3v) is 7.32. The number of amides is 2. The minimum atomic E-state index is -3.79. The zero-order chi connectivity index (χ0) is 24.8. The van der Waals surface area contributed by atoms with Crippen molar-refractivity contribution in [2.45, 2.75) is 30.3 Å². The topological polar surface area (TPSA) is 95.6 Å².